The van der Waals surface area contributed by atoms with Crippen LogP contribution >= 0.6 is 0 Å². The monoisotopic (exact) mass is 239 g/mol. The van der Waals surface area contributed by atoms with Gasteiger partial charge in [-0.1, -0.05) is 0 Å². The van der Waals surface area contributed by atoms with Gasteiger partial charge in [0.05, 0.1) is 12.0 Å². The van der Waals surface area contributed by atoms with E-state index in [2.05, 4.69) is 5.32 Å². The molecular formula is C11H17N3O3. The molecule has 1 aromatic carbocycles. The number of ether oxygens (including phenoxy) is 1. The van der Waals surface area contributed by atoms with Gasteiger partial charge >= 0.3 is 5.69 Å². The van der Waals surface area contributed by atoms with E-state index >= 15 is 0 Å². The average Bonchev–Trinajstić information content (AvgIpc) is 2.28. The smallest absolute Gasteiger partial charge is 0.311 e. The highest BCUT2D eigenvalue weighted by molar-refractivity contribution is 5.57. The second-order valence-corrected chi connectivity index (χ2v) is 3.84. The number of hydrogen-bond acceptors (Lipinski definition) is 5. The molecule has 6 nitrogen and oxygen atoms in total. The van der Waals surface area contributed by atoms with Gasteiger partial charge in [0.25, 0.3) is 0 Å². The molecule has 94 valence electrons. The molecule has 0 aromatic heterocycles. The molecule has 1 unspecified atom stereocenters. The first-order valence-corrected chi connectivity index (χ1v) is 5.36. The number of hydrogen-bond donors (Lipinski definition) is 2. The highest BCUT2D eigenvalue weighted by Crippen LogP contribution is 2.29. The van der Waals surface area contributed by atoms with Gasteiger partial charge in [0, 0.05) is 30.4 Å². The van der Waals surface area contributed by atoms with E-state index in [0.717, 1.165) is 18.7 Å². The lowest BCUT2D eigenvalue weighted by Gasteiger charge is -2.09. The summed E-state index contributed by atoms with van der Waals surface area (Å²) >= 11 is 0. The van der Waals surface area contributed by atoms with E-state index < -0.39 is 4.92 Å². The average molecular weight is 239 g/mol. The van der Waals surface area contributed by atoms with Crippen LogP contribution in [0.4, 0.5) is 11.4 Å². The Balaban J connectivity index is 2.72. The molecule has 0 heterocycles. The summed E-state index contributed by atoms with van der Waals surface area (Å²) in [5.74, 6) is 0.251. The lowest BCUT2D eigenvalue weighted by molar-refractivity contribution is -0.385. The van der Waals surface area contributed by atoms with Crippen molar-refractivity contribution in [1.29, 1.82) is 0 Å². The highest BCUT2D eigenvalue weighted by Gasteiger charge is 2.14. The maximum atomic E-state index is 10.7. The normalized spacial score (nSPS) is 11.9. The van der Waals surface area contributed by atoms with Crippen molar-refractivity contribution in [2.45, 2.75) is 19.4 Å². The van der Waals surface area contributed by atoms with Gasteiger partial charge in [-0.05, 0) is 19.4 Å². The molecule has 0 amide bonds. The van der Waals surface area contributed by atoms with Gasteiger partial charge in [0.15, 0.2) is 5.75 Å². The molecule has 1 atom stereocenters. The minimum absolute atomic E-state index is 0.0368. The van der Waals surface area contributed by atoms with E-state index in [1.165, 1.54) is 13.2 Å². The van der Waals surface area contributed by atoms with Crippen LogP contribution in [0.5, 0.6) is 5.75 Å². The second kappa shape index (κ2) is 6.05. The fraction of sp³-hybridized carbons (Fsp3) is 0.455. The summed E-state index contributed by atoms with van der Waals surface area (Å²) in [5, 5.41) is 13.8. The molecule has 0 aliphatic rings. The Hall–Kier alpha value is -1.82. The van der Waals surface area contributed by atoms with Crippen LogP contribution in [-0.4, -0.2) is 24.6 Å². The quantitative estimate of drug-likeness (QED) is 0.583. The Bertz CT molecular complexity index is 394. The lowest BCUT2D eigenvalue weighted by Crippen LogP contribution is -2.19. The fourth-order valence-electron chi connectivity index (χ4n) is 1.38. The molecule has 1 aromatic rings. The summed E-state index contributed by atoms with van der Waals surface area (Å²) < 4.78 is 4.97. The summed E-state index contributed by atoms with van der Waals surface area (Å²) in [7, 11) is 1.41. The van der Waals surface area contributed by atoms with E-state index in [1.54, 1.807) is 12.1 Å². The van der Waals surface area contributed by atoms with Crippen molar-refractivity contribution in [3.63, 3.8) is 0 Å². The molecule has 0 fully saturated rings. The standard InChI is InChI=1S/C11H17N3O3/c1-8(12)5-6-13-9-3-4-10(14(15)16)11(7-9)17-2/h3-4,7-8,13H,5-6,12H2,1-2H3. The highest BCUT2D eigenvalue weighted by atomic mass is 16.6. The van der Waals surface area contributed by atoms with Crippen molar-refractivity contribution >= 4 is 11.4 Å². The van der Waals surface area contributed by atoms with Crippen molar-refractivity contribution in [2.24, 2.45) is 5.73 Å². The molecule has 0 radical (unpaired) electrons. The van der Waals surface area contributed by atoms with Crippen LogP contribution in [0.1, 0.15) is 13.3 Å². The van der Waals surface area contributed by atoms with Gasteiger partial charge in [0.2, 0.25) is 0 Å². The fourth-order valence-corrected chi connectivity index (χ4v) is 1.38. The number of benzene rings is 1. The maximum absolute atomic E-state index is 10.7. The van der Waals surface area contributed by atoms with Crippen LogP contribution in [0, 0.1) is 10.1 Å². The van der Waals surface area contributed by atoms with E-state index in [4.69, 9.17) is 10.5 Å². The van der Waals surface area contributed by atoms with E-state index in [0.29, 0.717) is 0 Å². The molecule has 0 saturated carbocycles. The van der Waals surface area contributed by atoms with E-state index in [9.17, 15) is 10.1 Å². The van der Waals surface area contributed by atoms with Gasteiger partial charge < -0.3 is 15.8 Å². The number of methoxy groups -OCH3 is 1. The summed E-state index contributed by atoms with van der Waals surface area (Å²) in [6.45, 7) is 2.65. The number of nitro benzene ring substituents is 1. The van der Waals surface area contributed by atoms with E-state index in [-0.39, 0.29) is 17.5 Å². The van der Waals surface area contributed by atoms with Crippen molar-refractivity contribution in [1.82, 2.24) is 0 Å². The molecule has 0 bridgehead atoms. The summed E-state index contributed by atoms with van der Waals surface area (Å²) in [6, 6.07) is 4.82. The number of nitro groups is 1. The van der Waals surface area contributed by atoms with Crippen molar-refractivity contribution < 1.29 is 9.66 Å². The molecule has 3 N–H and O–H groups in total. The number of nitrogens with zero attached hydrogens (tertiary/aromatic N) is 1. The molecule has 0 aliphatic heterocycles. The third-order valence-corrected chi connectivity index (χ3v) is 2.31. The largest absolute Gasteiger partial charge is 0.490 e. The molecular weight excluding hydrogens is 222 g/mol. The molecule has 0 aliphatic carbocycles. The maximum Gasteiger partial charge on any atom is 0.311 e. The number of nitrogens with two attached hydrogens (primary N) is 1. The SMILES string of the molecule is COc1cc(NCCC(C)N)ccc1[N+](=O)[O-]. The van der Waals surface area contributed by atoms with E-state index in [1.807, 2.05) is 6.92 Å². The zero-order valence-electron chi connectivity index (χ0n) is 9.97. The molecule has 0 spiro atoms. The van der Waals surface area contributed by atoms with Crippen molar-refractivity contribution in [3.8, 4) is 5.75 Å². The van der Waals surface area contributed by atoms with Gasteiger partial charge in [-0.15, -0.1) is 0 Å². The summed E-state index contributed by atoms with van der Waals surface area (Å²) in [6.07, 6.45) is 0.833. The van der Waals surface area contributed by atoms with Gasteiger partial charge in [-0.3, -0.25) is 10.1 Å². The van der Waals surface area contributed by atoms with Crippen LogP contribution in [0.25, 0.3) is 0 Å². The summed E-state index contributed by atoms with van der Waals surface area (Å²) in [5.41, 5.74) is 6.37. The first-order valence-electron chi connectivity index (χ1n) is 5.36. The Morgan fingerprint density at radius 3 is 2.82 bits per heavy atom. The molecule has 17 heavy (non-hydrogen) atoms. The minimum atomic E-state index is -0.468. The van der Waals surface area contributed by atoms with Crippen LogP contribution in [-0.2, 0) is 0 Å². The second-order valence-electron chi connectivity index (χ2n) is 3.84. The van der Waals surface area contributed by atoms with Gasteiger partial charge in [-0.2, -0.15) is 0 Å². The first kappa shape index (κ1) is 13.2. The lowest BCUT2D eigenvalue weighted by atomic mass is 10.2. The van der Waals surface area contributed by atoms with Gasteiger partial charge in [-0.25, -0.2) is 0 Å². The third kappa shape index (κ3) is 3.92. The Morgan fingerprint density at radius 2 is 2.29 bits per heavy atom. The van der Waals surface area contributed by atoms with Crippen LogP contribution in [0.15, 0.2) is 18.2 Å². The Kier molecular flexibility index (Phi) is 4.71. The molecule has 1 rings (SSSR count). The van der Waals surface area contributed by atoms with Gasteiger partial charge in [0.1, 0.15) is 0 Å². The van der Waals surface area contributed by atoms with Crippen LogP contribution < -0.4 is 15.8 Å². The Morgan fingerprint density at radius 1 is 1.59 bits per heavy atom. The zero-order valence-corrected chi connectivity index (χ0v) is 9.97. The molecule has 6 heteroatoms. The number of rotatable bonds is 6. The third-order valence-electron chi connectivity index (χ3n) is 2.31. The topological polar surface area (TPSA) is 90.4 Å². The zero-order chi connectivity index (χ0) is 12.8. The predicted molar refractivity (Wildman–Crippen MR) is 66.4 cm³/mol. The van der Waals surface area contributed by atoms with Crippen LogP contribution in [0.3, 0.4) is 0 Å². The van der Waals surface area contributed by atoms with Crippen LogP contribution in [0.2, 0.25) is 0 Å². The summed E-state index contributed by atoms with van der Waals surface area (Å²) in [4.78, 5) is 10.2. The van der Waals surface area contributed by atoms with Crippen molar-refractivity contribution in [3.05, 3.63) is 28.3 Å². The minimum Gasteiger partial charge on any atom is -0.490 e. The predicted octanol–water partition coefficient (Wildman–Crippen LogP) is 1.75. The Labute approximate surface area is 99.9 Å². The first-order chi connectivity index (χ1) is 8.04. The number of nitrogens with one attached hydrogen (secondary N) is 1. The van der Waals surface area contributed by atoms with Crippen molar-refractivity contribution in [2.75, 3.05) is 19.0 Å². The number of anilines is 1. The molecule has 0 saturated heterocycles.